The monoisotopic (exact) mass is 273 g/mol. The quantitative estimate of drug-likeness (QED) is 0.786. The van der Waals surface area contributed by atoms with Crippen LogP contribution in [0.5, 0.6) is 5.88 Å². The van der Waals surface area contributed by atoms with E-state index < -0.39 is 0 Å². The molecular formula is C13H12FN5O. The number of ether oxygens (including phenoxy) is 1. The Morgan fingerprint density at radius 3 is 2.95 bits per heavy atom. The Morgan fingerprint density at radius 1 is 1.30 bits per heavy atom. The number of fused-ring (bicyclic) bond motifs is 1. The summed E-state index contributed by atoms with van der Waals surface area (Å²) in [6.07, 6.45) is 2.99. The van der Waals surface area contributed by atoms with Crippen LogP contribution in [0.2, 0.25) is 0 Å². The predicted octanol–water partition coefficient (Wildman–Crippen LogP) is 1.88. The highest BCUT2D eigenvalue weighted by Gasteiger charge is 2.04. The number of methoxy groups -OCH3 is 1. The molecule has 0 unspecified atom stereocenters. The van der Waals surface area contributed by atoms with E-state index in [1.165, 1.54) is 16.8 Å². The maximum Gasteiger partial charge on any atom is 0.243 e. The van der Waals surface area contributed by atoms with Crippen LogP contribution < -0.4 is 10.1 Å². The fourth-order valence-electron chi connectivity index (χ4n) is 1.75. The van der Waals surface area contributed by atoms with Gasteiger partial charge in [0.05, 0.1) is 13.3 Å². The van der Waals surface area contributed by atoms with Crippen LogP contribution in [-0.4, -0.2) is 26.7 Å². The molecule has 0 aliphatic heterocycles. The van der Waals surface area contributed by atoms with Crippen molar-refractivity contribution in [3.8, 4) is 5.88 Å². The highest BCUT2D eigenvalue weighted by Crippen LogP contribution is 2.10. The zero-order chi connectivity index (χ0) is 13.9. The van der Waals surface area contributed by atoms with Gasteiger partial charge in [0.1, 0.15) is 5.82 Å². The van der Waals surface area contributed by atoms with Crippen LogP contribution in [0.4, 0.5) is 10.3 Å². The van der Waals surface area contributed by atoms with Crippen molar-refractivity contribution in [1.82, 2.24) is 19.6 Å². The van der Waals surface area contributed by atoms with Gasteiger partial charge in [-0.15, -0.1) is 5.10 Å². The van der Waals surface area contributed by atoms with Crippen LogP contribution in [0.1, 0.15) is 5.56 Å². The molecule has 3 aromatic rings. The average molecular weight is 273 g/mol. The molecule has 3 aromatic heterocycles. The Labute approximate surface area is 114 Å². The predicted molar refractivity (Wildman–Crippen MR) is 71.1 cm³/mol. The second-order valence-corrected chi connectivity index (χ2v) is 4.15. The first-order valence-corrected chi connectivity index (χ1v) is 5.99. The summed E-state index contributed by atoms with van der Waals surface area (Å²) in [7, 11) is 1.57. The van der Waals surface area contributed by atoms with Crippen molar-refractivity contribution in [1.29, 1.82) is 0 Å². The normalized spacial score (nSPS) is 10.7. The molecule has 0 saturated carbocycles. The Balaban J connectivity index is 1.72. The van der Waals surface area contributed by atoms with E-state index in [9.17, 15) is 4.39 Å². The number of rotatable bonds is 4. The molecule has 0 spiro atoms. The molecule has 1 N–H and O–H groups in total. The molecular weight excluding hydrogens is 261 g/mol. The molecule has 20 heavy (non-hydrogen) atoms. The molecule has 0 fully saturated rings. The summed E-state index contributed by atoms with van der Waals surface area (Å²) in [6.45, 7) is 0.524. The minimum absolute atomic E-state index is 0.353. The number of pyridine rings is 2. The number of nitrogens with one attached hydrogen (secondary N) is 1. The fourth-order valence-corrected chi connectivity index (χ4v) is 1.75. The lowest BCUT2D eigenvalue weighted by atomic mass is 10.3. The topological polar surface area (TPSA) is 64.3 Å². The number of anilines is 1. The zero-order valence-electron chi connectivity index (χ0n) is 10.7. The first kappa shape index (κ1) is 12.3. The molecule has 0 radical (unpaired) electrons. The molecule has 0 aliphatic rings. The van der Waals surface area contributed by atoms with Gasteiger partial charge in [-0.25, -0.2) is 13.9 Å². The Kier molecular flexibility index (Phi) is 3.16. The van der Waals surface area contributed by atoms with E-state index in [2.05, 4.69) is 20.4 Å². The van der Waals surface area contributed by atoms with Gasteiger partial charge in [-0.2, -0.15) is 4.98 Å². The number of halogens is 1. The molecule has 0 saturated heterocycles. The van der Waals surface area contributed by atoms with Crippen molar-refractivity contribution >= 4 is 11.6 Å². The molecule has 102 valence electrons. The van der Waals surface area contributed by atoms with Gasteiger partial charge in [-0.1, -0.05) is 6.07 Å². The van der Waals surface area contributed by atoms with Crippen LogP contribution in [0.3, 0.4) is 0 Å². The Morgan fingerprint density at radius 2 is 2.20 bits per heavy atom. The summed E-state index contributed by atoms with van der Waals surface area (Å²) in [6, 6.07) is 6.60. The van der Waals surface area contributed by atoms with E-state index in [1.54, 1.807) is 25.4 Å². The maximum atomic E-state index is 13.0. The van der Waals surface area contributed by atoms with Crippen molar-refractivity contribution in [2.75, 3.05) is 12.4 Å². The molecule has 6 nitrogen and oxygen atoms in total. The van der Waals surface area contributed by atoms with Crippen molar-refractivity contribution in [2.24, 2.45) is 0 Å². The van der Waals surface area contributed by atoms with Crippen LogP contribution in [0.15, 0.2) is 36.7 Å². The van der Waals surface area contributed by atoms with Gasteiger partial charge in [-0.3, -0.25) is 0 Å². The van der Waals surface area contributed by atoms with E-state index in [0.717, 1.165) is 5.56 Å². The summed E-state index contributed by atoms with van der Waals surface area (Å²) in [5.41, 5.74) is 1.55. The van der Waals surface area contributed by atoms with Crippen LogP contribution >= 0.6 is 0 Å². The summed E-state index contributed by atoms with van der Waals surface area (Å²) in [4.78, 5) is 8.34. The average Bonchev–Trinajstić information content (AvgIpc) is 2.87. The van der Waals surface area contributed by atoms with Gasteiger partial charge in [0.15, 0.2) is 5.65 Å². The largest absolute Gasteiger partial charge is 0.481 e. The highest BCUT2D eigenvalue weighted by atomic mass is 19.1. The Bertz CT molecular complexity index is 725. The highest BCUT2D eigenvalue weighted by molar-refractivity contribution is 5.43. The minimum Gasteiger partial charge on any atom is -0.481 e. The fraction of sp³-hybridized carbons (Fsp3) is 0.154. The SMILES string of the molecule is COc1ccc(CNc2nc3ccc(F)cn3n2)cn1. The molecule has 0 aliphatic carbocycles. The maximum absolute atomic E-state index is 13.0. The summed E-state index contributed by atoms with van der Waals surface area (Å²) in [5.74, 6) is 0.648. The summed E-state index contributed by atoms with van der Waals surface area (Å²) < 4.78 is 19.4. The first-order chi connectivity index (χ1) is 9.74. The number of aromatic nitrogens is 4. The van der Waals surface area contributed by atoms with E-state index in [4.69, 9.17) is 4.74 Å². The summed E-state index contributed by atoms with van der Waals surface area (Å²) >= 11 is 0. The van der Waals surface area contributed by atoms with Crippen molar-refractivity contribution in [3.63, 3.8) is 0 Å². The van der Waals surface area contributed by atoms with Crippen LogP contribution in [-0.2, 0) is 6.54 Å². The molecule has 7 heteroatoms. The number of hydrogen-bond acceptors (Lipinski definition) is 5. The first-order valence-electron chi connectivity index (χ1n) is 5.99. The standard InChI is InChI=1S/C13H12FN5O/c1-20-12-5-2-9(6-15-12)7-16-13-17-11-4-3-10(14)8-19(11)18-13/h2-6,8H,7H2,1H3,(H,16,18). The third-order valence-corrected chi connectivity index (χ3v) is 2.75. The molecule has 0 bridgehead atoms. The van der Waals surface area contributed by atoms with Crippen LogP contribution in [0, 0.1) is 5.82 Å². The molecule has 3 heterocycles. The van der Waals surface area contributed by atoms with Gasteiger partial charge in [0, 0.05) is 18.8 Å². The Hall–Kier alpha value is -2.70. The third kappa shape index (κ3) is 2.51. The van der Waals surface area contributed by atoms with E-state index >= 15 is 0 Å². The number of nitrogens with zero attached hydrogens (tertiary/aromatic N) is 4. The van der Waals surface area contributed by atoms with Gasteiger partial charge in [-0.05, 0) is 17.7 Å². The second-order valence-electron chi connectivity index (χ2n) is 4.15. The lowest BCUT2D eigenvalue weighted by molar-refractivity contribution is 0.397. The van der Waals surface area contributed by atoms with Gasteiger partial charge < -0.3 is 10.1 Å². The number of hydrogen-bond donors (Lipinski definition) is 1. The lowest BCUT2D eigenvalue weighted by Gasteiger charge is -2.02. The van der Waals surface area contributed by atoms with Gasteiger partial charge in [0.25, 0.3) is 0 Å². The third-order valence-electron chi connectivity index (χ3n) is 2.75. The molecule has 3 rings (SSSR count). The second kappa shape index (κ2) is 5.12. The zero-order valence-corrected chi connectivity index (χ0v) is 10.7. The smallest absolute Gasteiger partial charge is 0.243 e. The van der Waals surface area contributed by atoms with Crippen molar-refractivity contribution in [2.45, 2.75) is 6.54 Å². The molecule has 0 atom stereocenters. The van der Waals surface area contributed by atoms with Gasteiger partial charge >= 0.3 is 0 Å². The van der Waals surface area contributed by atoms with Gasteiger partial charge in [0.2, 0.25) is 11.8 Å². The van der Waals surface area contributed by atoms with Crippen LogP contribution in [0.25, 0.3) is 5.65 Å². The molecule has 0 aromatic carbocycles. The lowest BCUT2D eigenvalue weighted by Crippen LogP contribution is -2.02. The van der Waals surface area contributed by atoms with E-state index in [-0.39, 0.29) is 5.82 Å². The van der Waals surface area contributed by atoms with Crippen molar-refractivity contribution < 1.29 is 9.13 Å². The minimum atomic E-state index is -0.353. The van der Waals surface area contributed by atoms with E-state index in [1.807, 2.05) is 6.07 Å². The van der Waals surface area contributed by atoms with Crippen molar-refractivity contribution in [3.05, 3.63) is 48.0 Å². The molecule has 0 amide bonds. The van der Waals surface area contributed by atoms with E-state index in [0.29, 0.717) is 24.0 Å². The summed E-state index contributed by atoms with van der Waals surface area (Å²) in [5, 5.41) is 7.19.